The van der Waals surface area contributed by atoms with Gasteiger partial charge in [0.15, 0.2) is 0 Å². The number of aromatic nitrogens is 1. The quantitative estimate of drug-likeness (QED) is 0.742. The van der Waals surface area contributed by atoms with Crippen molar-refractivity contribution in [3.63, 3.8) is 0 Å². The molecule has 7 nitrogen and oxygen atoms in total. The molecule has 1 spiro atoms. The first kappa shape index (κ1) is 20.9. The van der Waals surface area contributed by atoms with Crippen LogP contribution in [0, 0.1) is 6.92 Å². The van der Waals surface area contributed by atoms with E-state index in [1.165, 1.54) is 0 Å². The SMILES string of the molecule is Cc1ccccc1C(=O)N1CCC(N2C(=O)N(Cc3cccnc3)CC23CCOC3)CC1. The van der Waals surface area contributed by atoms with Gasteiger partial charge in [0.05, 0.1) is 12.1 Å². The zero-order valence-corrected chi connectivity index (χ0v) is 18.6. The van der Waals surface area contributed by atoms with Gasteiger partial charge in [0.2, 0.25) is 0 Å². The standard InChI is InChI=1S/C25H30N4O3/c1-19-5-2-3-7-22(19)23(30)27-12-8-21(9-13-27)29-24(31)28(16-20-6-4-11-26-15-20)17-25(29)10-14-32-18-25/h2-7,11,15,21H,8-10,12-14,16-18H2,1H3. The maximum atomic E-state index is 13.5. The number of aryl methyl sites for hydroxylation is 1. The summed E-state index contributed by atoms with van der Waals surface area (Å²) in [5.74, 6) is 0.0893. The van der Waals surface area contributed by atoms with Crippen LogP contribution in [0.15, 0.2) is 48.8 Å². The molecule has 1 aromatic carbocycles. The van der Waals surface area contributed by atoms with Gasteiger partial charge in [0.25, 0.3) is 5.91 Å². The Hall–Kier alpha value is -2.93. The molecule has 7 heteroatoms. The molecule has 3 amide bonds. The summed E-state index contributed by atoms with van der Waals surface area (Å²) in [6.07, 6.45) is 6.03. The molecule has 5 rings (SSSR count). The van der Waals surface area contributed by atoms with E-state index in [1.54, 1.807) is 6.20 Å². The Morgan fingerprint density at radius 1 is 1.19 bits per heavy atom. The van der Waals surface area contributed by atoms with Gasteiger partial charge >= 0.3 is 6.03 Å². The summed E-state index contributed by atoms with van der Waals surface area (Å²) in [7, 11) is 0. The molecular weight excluding hydrogens is 404 g/mol. The molecule has 3 saturated heterocycles. The lowest BCUT2D eigenvalue weighted by atomic mass is 9.92. The Kier molecular flexibility index (Phi) is 5.59. The molecule has 0 bridgehead atoms. The fraction of sp³-hybridized carbons (Fsp3) is 0.480. The minimum absolute atomic E-state index is 0.0861. The number of hydrogen-bond donors (Lipinski definition) is 0. The molecule has 168 valence electrons. The van der Waals surface area contributed by atoms with Crippen LogP contribution in [0.5, 0.6) is 0 Å². The van der Waals surface area contributed by atoms with Gasteiger partial charge < -0.3 is 19.4 Å². The highest BCUT2D eigenvalue weighted by Crippen LogP contribution is 2.38. The van der Waals surface area contributed by atoms with Crippen molar-refractivity contribution in [3.05, 3.63) is 65.5 Å². The number of piperidine rings is 1. The van der Waals surface area contributed by atoms with E-state index in [9.17, 15) is 9.59 Å². The first-order valence-electron chi connectivity index (χ1n) is 11.5. The summed E-state index contributed by atoms with van der Waals surface area (Å²) in [5, 5.41) is 0. The fourth-order valence-corrected chi connectivity index (χ4v) is 5.45. The molecule has 3 aliphatic heterocycles. The van der Waals surface area contributed by atoms with E-state index < -0.39 is 0 Å². The zero-order valence-electron chi connectivity index (χ0n) is 18.6. The summed E-state index contributed by atoms with van der Waals surface area (Å²) in [6, 6.07) is 11.9. The predicted octanol–water partition coefficient (Wildman–Crippen LogP) is 3.09. The van der Waals surface area contributed by atoms with Gasteiger partial charge in [-0.15, -0.1) is 0 Å². The van der Waals surface area contributed by atoms with Crippen LogP contribution >= 0.6 is 0 Å². The van der Waals surface area contributed by atoms with E-state index in [0.717, 1.165) is 36.0 Å². The lowest BCUT2D eigenvalue weighted by Gasteiger charge is -2.42. The number of nitrogens with zero attached hydrogens (tertiary/aromatic N) is 4. The van der Waals surface area contributed by atoms with E-state index in [0.29, 0.717) is 39.4 Å². The Bertz CT molecular complexity index is 982. The second-order valence-electron chi connectivity index (χ2n) is 9.24. The lowest BCUT2D eigenvalue weighted by Crippen LogP contribution is -2.56. The summed E-state index contributed by atoms with van der Waals surface area (Å²) in [6.45, 7) is 5.84. The van der Waals surface area contributed by atoms with Gasteiger partial charge in [-0.2, -0.15) is 0 Å². The number of carbonyl (C=O) groups excluding carboxylic acids is 2. The third kappa shape index (κ3) is 3.75. The Morgan fingerprint density at radius 3 is 2.69 bits per heavy atom. The van der Waals surface area contributed by atoms with Crippen LogP contribution in [0.3, 0.4) is 0 Å². The van der Waals surface area contributed by atoms with Gasteiger partial charge in [0, 0.05) is 56.8 Å². The summed E-state index contributed by atoms with van der Waals surface area (Å²) in [4.78, 5) is 36.7. The third-order valence-corrected chi connectivity index (χ3v) is 7.14. The second kappa shape index (κ2) is 8.54. The maximum absolute atomic E-state index is 13.5. The van der Waals surface area contributed by atoms with Crippen LogP contribution < -0.4 is 0 Å². The number of rotatable bonds is 4. The molecule has 3 aliphatic rings. The Balaban J connectivity index is 1.30. The molecule has 2 aromatic rings. The fourth-order valence-electron chi connectivity index (χ4n) is 5.45. The number of benzene rings is 1. The van der Waals surface area contributed by atoms with Crippen LogP contribution in [0.25, 0.3) is 0 Å². The summed E-state index contributed by atoms with van der Waals surface area (Å²) < 4.78 is 5.78. The van der Waals surface area contributed by atoms with Gasteiger partial charge in [-0.05, 0) is 49.4 Å². The number of ether oxygens (including phenoxy) is 1. The van der Waals surface area contributed by atoms with Crippen molar-refractivity contribution in [2.24, 2.45) is 0 Å². The summed E-state index contributed by atoms with van der Waals surface area (Å²) >= 11 is 0. The van der Waals surface area contributed by atoms with E-state index in [2.05, 4.69) is 9.88 Å². The molecule has 1 aromatic heterocycles. The molecule has 32 heavy (non-hydrogen) atoms. The number of pyridine rings is 1. The highest BCUT2D eigenvalue weighted by atomic mass is 16.5. The van der Waals surface area contributed by atoms with Crippen LogP contribution in [-0.4, -0.2) is 76.1 Å². The normalized spacial score (nSPS) is 24.0. The van der Waals surface area contributed by atoms with Crippen molar-refractivity contribution in [1.29, 1.82) is 0 Å². The van der Waals surface area contributed by atoms with Crippen LogP contribution in [0.4, 0.5) is 4.79 Å². The first-order chi connectivity index (χ1) is 15.6. The lowest BCUT2D eigenvalue weighted by molar-refractivity contribution is 0.0498. The van der Waals surface area contributed by atoms with Crippen LogP contribution in [-0.2, 0) is 11.3 Å². The largest absolute Gasteiger partial charge is 0.379 e. The monoisotopic (exact) mass is 434 g/mol. The smallest absolute Gasteiger partial charge is 0.321 e. The Morgan fingerprint density at radius 2 is 2.00 bits per heavy atom. The molecule has 4 heterocycles. The average molecular weight is 435 g/mol. The van der Waals surface area contributed by atoms with Crippen molar-refractivity contribution in [3.8, 4) is 0 Å². The second-order valence-corrected chi connectivity index (χ2v) is 9.24. The first-order valence-corrected chi connectivity index (χ1v) is 11.5. The topological polar surface area (TPSA) is 66.0 Å². The van der Waals surface area contributed by atoms with Crippen molar-refractivity contribution in [1.82, 2.24) is 19.7 Å². The molecule has 1 unspecified atom stereocenters. The number of carbonyl (C=O) groups is 2. The molecule has 0 saturated carbocycles. The Labute approximate surface area is 189 Å². The molecule has 1 atom stereocenters. The number of amides is 3. The van der Waals surface area contributed by atoms with Gasteiger partial charge in [-0.3, -0.25) is 9.78 Å². The van der Waals surface area contributed by atoms with Crippen molar-refractivity contribution in [2.45, 2.75) is 44.3 Å². The minimum Gasteiger partial charge on any atom is -0.379 e. The van der Waals surface area contributed by atoms with Gasteiger partial charge in [0.1, 0.15) is 0 Å². The maximum Gasteiger partial charge on any atom is 0.321 e. The van der Waals surface area contributed by atoms with E-state index in [1.807, 2.05) is 59.3 Å². The predicted molar refractivity (Wildman–Crippen MR) is 120 cm³/mol. The van der Waals surface area contributed by atoms with Gasteiger partial charge in [-0.25, -0.2) is 4.79 Å². The van der Waals surface area contributed by atoms with E-state index in [-0.39, 0.29) is 23.5 Å². The van der Waals surface area contributed by atoms with Crippen molar-refractivity contribution < 1.29 is 14.3 Å². The molecule has 0 N–H and O–H groups in total. The highest BCUT2D eigenvalue weighted by molar-refractivity contribution is 5.95. The van der Waals surface area contributed by atoms with Crippen LogP contribution in [0.1, 0.15) is 40.7 Å². The van der Waals surface area contributed by atoms with Crippen molar-refractivity contribution >= 4 is 11.9 Å². The molecular formula is C25H30N4O3. The minimum atomic E-state index is -0.258. The summed E-state index contributed by atoms with van der Waals surface area (Å²) in [5.41, 5.74) is 2.55. The van der Waals surface area contributed by atoms with E-state index in [4.69, 9.17) is 4.74 Å². The molecule has 0 aliphatic carbocycles. The van der Waals surface area contributed by atoms with Crippen molar-refractivity contribution in [2.75, 3.05) is 32.8 Å². The van der Waals surface area contributed by atoms with Gasteiger partial charge in [-0.1, -0.05) is 24.3 Å². The number of hydrogen-bond acceptors (Lipinski definition) is 4. The highest BCUT2D eigenvalue weighted by Gasteiger charge is 2.54. The number of urea groups is 1. The van der Waals surface area contributed by atoms with Crippen LogP contribution in [0.2, 0.25) is 0 Å². The number of likely N-dealkylation sites (tertiary alicyclic amines) is 1. The third-order valence-electron chi connectivity index (χ3n) is 7.14. The average Bonchev–Trinajstić information content (AvgIpc) is 3.39. The molecule has 0 radical (unpaired) electrons. The van der Waals surface area contributed by atoms with E-state index >= 15 is 0 Å². The zero-order chi connectivity index (χ0) is 22.1. The molecule has 3 fully saturated rings.